The number of alkyl halides is 3. The maximum Gasteiger partial charge on any atom is 0.416 e. The van der Waals surface area contributed by atoms with Gasteiger partial charge in [0, 0.05) is 0 Å². The van der Waals surface area contributed by atoms with E-state index in [4.69, 9.17) is 16.3 Å². The third-order valence-electron chi connectivity index (χ3n) is 5.31. The van der Waals surface area contributed by atoms with E-state index in [0.29, 0.717) is 23.5 Å². The number of nitrogens with one attached hydrogen (secondary N) is 1. The molecular formula is C23H19ClF3N5O2. The third kappa shape index (κ3) is 4.28. The maximum absolute atomic E-state index is 13.1. The molecule has 1 amide bonds. The molecule has 176 valence electrons. The molecule has 0 aliphatic rings. The quantitative estimate of drug-likeness (QED) is 0.395. The van der Waals surface area contributed by atoms with Gasteiger partial charge in [-0.3, -0.25) is 4.79 Å². The molecule has 2 heterocycles. The first-order valence-electron chi connectivity index (χ1n) is 10.2. The molecule has 11 heteroatoms. The summed E-state index contributed by atoms with van der Waals surface area (Å²) >= 11 is 6.00. The molecule has 4 rings (SSSR count). The van der Waals surface area contributed by atoms with Crippen LogP contribution in [0.4, 0.5) is 18.9 Å². The maximum atomic E-state index is 13.1. The summed E-state index contributed by atoms with van der Waals surface area (Å²) in [5, 5.41) is 15.2. The minimum absolute atomic E-state index is 0.0396. The van der Waals surface area contributed by atoms with Crippen molar-refractivity contribution in [3.05, 3.63) is 70.1 Å². The van der Waals surface area contributed by atoms with E-state index in [2.05, 4.69) is 20.6 Å². The number of nitrogens with zero attached hydrogens (tertiary/aromatic N) is 4. The van der Waals surface area contributed by atoms with Gasteiger partial charge in [-0.1, -0.05) is 30.7 Å². The van der Waals surface area contributed by atoms with Gasteiger partial charge >= 0.3 is 6.18 Å². The Morgan fingerprint density at radius 2 is 1.85 bits per heavy atom. The number of halogens is 4. The Morgan fingerprint density at radius 1 is 1.15 bits per heavy atom. The van der Waals surface area contributed by atoms with Crippen LogP contribution in [0.1, 0.15) is 34.4 Å². The number of fused-ring (bicyclic) bond motifs is 1. The number of methoxy groups -OCH3 is 1. The summed E-state index contributed by atoms with van der Waals surface area (Å²) < 4.78 is 45.9. The van der Waals surface area contributed by atoms with Crippen molar-refractivity contribution in [2.75, 3.05) is 12.4 Å². The number of ether oxygens (including phenoxy) is 1. The summed E-state index contributed by atoms with van der Waals surface area (Å²) in [5.74, 6) is -0.0552. The fourth-order valence-corrected chi connectivity index (χ4v) is 3.70. The van der Waals surface area contributed by atoms with Gasteiger partial charge < -0.3 is 10.1 Å². The number of hydrogen-bond acceptors (Lipinski definition) is 5. The highest BCUT2D eigenvalue weighted by Gasteiger charge is 2.31. The molecule has 0 spiro atoms. The molecule has 34 heavy (non-hydrogen) atoms. The first-order valence-corrected chi connectivity index (χ1v) is 10.6. The van der Waals surface area contributed by atoms with Crippen molar-refractivity contribution >= 4 is 28.8 Å². The zero-order chi connectivity index (χ0) is 24.6. The normalized spacial score (nSPS) is 11.6. The minimum Gasteiger partial charge on any atom is -0.497 e. The first kappa shape index (κ1) is 23.5. The van der Waals surface area contributed by atoms with E-state index in [9.17, 15) is 18.0 Å². The van der Waals surface area contributed by atoms with Crippen LogP contribution in [0.2, 0.25) is 5.02 Å². The highest BCUT2D eigenvalue weighted by atomic mass is 35.5. The molecule has 7 nitrogen and oxygen atoms in total. The lowest BCUT2D eigenvalue weighted by Gasteiger charge is -2.12. The number of amides is 1. The van der Waals surface area contributed by atoms with Crippen LogP contribution in [0.3, 0.4) is 0 Å². The van der Waals surface area contributed by atoms with Crippen LogP contribution in [0.25, 0.3) is 16.8 Å². The first-order chi connectivity index (χ1) is 16.1. The zero-order valence-corrected chi connectivity index (χ0v) is 19.1. The predicted molar refractivity (Wildman–Crippen MR) is 121 cm³/mol. The third-order valence-corrected chi connectivity index (χ3v) is 5.64. The number of benzene rings is 2. The van der Waals surface area contributed by atoms with Crippen molar-refractivity contribution in [1.29, 1.82) is 0 Å². The van der Waals surface area contributed by atoms with Gasteiger partial charge in [0.1, 0.15) is 5.75 Å². The van der Waals surface area contributed by atoms with E-state index < -0.39 is 17.6 Å². The van der Waals surface area contributed by atoms with Crippen molar-refractivity contribution in [2.45, 2.75) is 26.4 Å². The molecule has 0 fully saturated rings. The highest BCUT2D eigenvalue weighted by Crippen LogP contribution is 2.34. The van der Waals surface area contributed by atoms with Gasteiger partial charge in [-0.2, -0.15) is 18.3 Å². The van der Waals surface area contributed by atoms with Crippen molar-refractivity contribution < 1.29 is 22.7 Å². The Labute approximate surface area is 197 Å². The van der Waals surface area contributed by atoms with Gasteiger partial charge in [-0.25, -0.2) is 4.52 Å². The summed E-state index contributed by atoms with van der Waals surface area (Å²) in [7, 11) is 1.58. The second-order valence-corrected chi connectivity index (χ2v) is 7.83. The Balaban J connectivity index is 1.74. The number of carbonyl (C=O) groups is 1. The lowest BCUT2D eigenvalue weighted by molar-refractivity contribution is -0.137. The zero-order valence-electron chi connectivity index (χ0n) is 18.4. The van der Waals surface area contributed by atoms with Gasteiger partial charge in [0.15, 0.2) is 11.3 Å². The number of hydrogen-bond donors (Lipinski definition) is 1. The SMILES string of the molecule is CCc1nn2c(C)c(C(=O)Nc3cc(C(F)(F)F)ccc3Cl)nnc2c1-c1ccc(OC)cc1. The summed E-state index contributed by atoms with van der Waals surface area (Å²) in [5.41, 5.74) is 2.00. The van der Waals surface area contributed by atoms with E-state index >= 15 is 0 Å². The van der Waals surface area contributed by atoms with Gasteiger partial charge in [0.25, 0.3) is 5.91 Å². The topological polar surface area (TPSA) is 81.4 Å². The Bertz CT molecular complexity index is 1380. The van der Waals surface area contributed by atoms with E-state index in [-0.39, 0.29) is 16.4 Å². The van der Waals surface area contributed by atoms with Crippen molar-refractivity contribution in [1.82, 2.24) is 19.8 Å². The molecule has 0 unspecified atom stereocenters. The lowest BCUT2D eigenvalue weighted by Crippen LogP contribution is -2.19. The van der Waals surface area contributed by atoms with E-state index in [1.807, 2.05) is 31.2 Å². The molecule has 0 atom stereocenters. The summed E-state index contributed by atoms with van der Waals surface area (Å²) in [6.07, 6.45) is -3.98. The van der Waals surface area contributed by atoms with E-state index in [0.717, 1.165) is 35.0 Å². The number of aromatic nitrogens is 4. The standard InChI is InChI=1S/C23H19ClF3N5O2/c1-4-17-19(13-5-8-15(34-3)9-6-13)21-30-29-20(12(2)32(21)31-17)22(33)28-18-11-14(23(25,26)27)7-10-16(18)24/h5-11H,4H2,1-3H3,(H,28,33). The molecule has 0 radical (unpaired) electrons. The van der Waals surface area contributed by atoms with Gasteiger partial charge in [-0.15, -0.1) is 10.2 Å². The van der Waals surface area contributed by atoms with Crippen molar-refractivity contribution in [3.8, 4) is 16.9 Å². The summed E-state index contributed by atoms with van der Waals surface area (Å²) in [4.78, 5) is 12.9. The Kier molecular flexibility index (Phi) is 6.18. The fourth-order valence-electron chi connectivity index (χ4n) is 3.54. The highest BCUT2D eigenvalue weighted by molar-refractivity contribution is 6.34. The van der Waals surface area contributed by atoms with Gasteiger partial charge in [-0.05, 0) is 49.2 Å². The number of carbonyl (C=O) groups excluding carboxylic acids is 1. The van der Waals surface area contributed by atoms with Crippen LogP contribution >= 0.6 is 11.6 Å². The lowest BCUT2D eigenvalue weighted by atomic mass is 10.0. The van der Waals surface area contributed by atoms with Crippen molar-refractivity contribution in [2.24, 2.45) is 0 Å². The van der Waals surface area contributed by atoms with Gasteiger partial charge in [0.2, 0.25) is 0 Å². The van der Waals surface area contributed by atoms with Gasteiger partial charge in [0.05, 0.1) is 40.3 Å². The van der Waals surface area contributed by atoms with Crippen LogP contribution in [0, 0.1) is 6.92 Å². The molecule has 1 N–H and O–H groups in total. The summed E-state index contributed by atoms with van der Waals surface area (Å²) in [6.45, 7) is 3.58. The molecule has 2 aromatic carbocycles. The molecule has 2 aromatic heterocycles. The minimum atomic E-state index is -4.58. The second-order valence-electron chi connectivity index (χ2n) is 7.42. The van der Waals surface area contributed by atoms with Crippen LogP contribution in [0.15, 0.2) is 42.5 Å². The van der Waals surface area contributed by atoms with Crippen LogP contribution in [-0.2, 0) is 12.6 Å². The molecular weight excluding hydrogens is 471 g/mol. The Morgan fingerprint density at radius 3 is 2.47 bits per heavy atom. The number of aryl methyl sites for hydroxylation is 2. The van der Waals surface area contributed by atoms with Crippen molar-refractivity contribution in [3.63, 3.8) is 0 Å². The smallest absolute Gasteiger partial charge is 0.416 e. The van der Waals surface area contributed by atoms with E-state index in [1.54, 1.807) is 14.0 Å². The average Bonchev–Trinajstić information content (AvgIpc) is 3.19. The molecule has 0 aliphatic heterocycles. The number of rotatable bonds is 5. The van der Waals surface area contributed by atoms with Crippen LogP contribution in [0.5, 0.6) is 5.75 Å². The number of anilines is 1. The summed E-state index contributed by atoms with van der Waals surface area (Å²) in [6, 6.07) is 10.1. The van der Waals surface area contributed by atoms with E-state index in [1.165, 1.54) is 4.52 Å². The molecule has 0 saturated heterocycles. The van der Waals surface area contributed by atoms with Crippen LogP contribution in [-0.4, -0.2) is 32.8 Å². The monoisotopic (exact) mass is 489 g/mol. The second kappa shape index (κ2) is 8.94. The average molecular weight is 490 g/mol. The molecule has 0 bridgehead atoms. The molecule has 0 aliphatic carbocycles. The largest absolute Gasteiger partial charge is 0.497 e. The predicted octanol–water partition coefficient (Wildman–Crippen LogP) is 5.60. The van der Waals surface area contributed by atoms with Crippen LogP contribution < -0.4 is 10.1 Å². The molecule has 0 saturated carbocycles. The Hall–Kier alpha value is -3.66. The molecule has 4 aromatic rings. The fraction of sp³-hybridized carbons (Fsp3) is 0.217.